The molecular formula is C23H27NO9. The average Bonchev–Trinajstić information content (AvgIpc) is 3.16. The SMILES string of the molecule is CCOC(=O)c1c(C(=O)OCC)c(C(=O)OCC)n(-c2cccc(OC)c2)c1C(=O)OCC. The Hall–Kier alpha value is -3.82. The van der Waals surface area contributed by atoms with Crippen LogP contribution in [0.15, 0.2) is 24.3 Å². The summed E-state index contributed by atoms with van der Waals surface area (Å²) in [6.45, 7) is 6.18. The molecule has 2 aromatic rings. The molecule has 0 fully saturated rings. The lowest BCUT2D eigenvalue weighted by molar-refractivity contribution is 0.0453. The first kappa shape index (κ1) is 25.4. The van der Waals surface area contributed by atoms with Crippen molar-refractivity contribution in [2.24, 2.45) is 0 Å². The van der Waals surface area contributed by atoms with Crippen LogP contribution in [0, 0.1) is 0 Å². The fraction of sp³-hybridized carbons (Fsp3) is 0.391. The molecule has 0 aliphatic rings. The third kappa shape index (κ3) is 5.33. The van der Waals surface area contributed by atoms with Gasteiger partial charge in [0.25, 0.3) is 0 Å². The van der Waals surface area contributed by atoms with E-state index in [0.717, 1.165) is 4.57 Å². The lowest BCUT2D eigenvalue weighted by atomic mass is 10.1. The summed E-state index contributed by atoms with van der Waals surface area (Å²) in [7, 11) is 1.45. The number of ether oxygens (including phenoxy) is 5. The van der Waals surface area contributed by atoms with Gasteiger partial charge in [0.05, 0.1) is 39.2 Å². The minimum absolute atomic E-state index is 0.0200. The molecule has 0 N–H and O–H groups in total. The van der Waals surface area contributed by atoms with E-state index in [0.29, 0.717) is 5.75 Å². The summed E-state index contributed by atoms with van der Waals surface area (Å²) in [6, 6.07) is 6.36. The number of benzene rings is 1. The molecule has 0 amide bonds. The smallest absolute Gasteiger partial charge is 0.356 e. The zero-order valence-electron chi connectivity index (χ0n) is 19.3. The molecule has 0 atom stereocenters. The van der Waals surface area contributed by atoms with E-state index in [9.17, 15) is 19.2 Å². The van der Waals surface area contributed by atoms with Gasteiger partial charge in [0, 0.05) is 6.07 Å². The molecule has 0 saturated heterocycles. The highest BCUT2D eigenvalue weighted by Gasteiger charge is 2.40. The van der Waals surface area contributed by atoms with E-state index in [1.54, 1.807) is 45.9 Å². The Morgan fingerprint density at radius 2 is 1.12 bits per heavy atom. The molecule has 10 heteroatoms. The normalized spacial score (nSPS) is 10.3. The van der Waals surface area contributed by atoms with Crippen LogP contribution in [-0.4, -0.2) is 62.0 Å². The molecule has 33 heavy (non-hydrogen) atoms. The van der Waals surface area contributed by atoms with E-state index in [4.69, 9.17) is 23.7 Å². The summed E-state index contributed by atoms with van der Waals surface area (Å²) in [5, 5.41) is 0. The zero-order chi connectivity index (χ0) is 24.5. The van der Waals surface area contributed by atoms with Gasteiger partial charge < -0.3 is 23.7 Å². The second-order valence-corrected chi connectivity index (χ2v) is 6.37. The topological polar surface area (TPSA) is 119 Å². The van der Waals surface area contributed by atoms with E-state index in [-0.39, 0.29) is 43.5 Å². The van der Waals surface area contributed by atoms with Gasteiger partial charge in [-0.25, -0.2) is 19.2 Å². The number of hydrogen-bond acceptors (Lipinski definition) is 9. The Morgan fingerprint density at radius 3 is 1.52 bits per heavy atom. The molecular weight excluding hydrogens is 434 g/mol. The molecule has 0 aliphatic carbocycles. The quantitative estimate of drug-likeness (QED) is 0.388. The van der Waals surface area contributed by atoms with Gasteiger partial charge in [-0.15, -0.1) is 0 Å². The van der Waals surface area contributed by atoms with Crippen molar-refractivity contribution in [1.82, 2.24) is 4.57 Å². The largest absolute Gasteiger partial charge is 0.497 e. The van der Waals surface area contributed by atoms with E-state index < -0.39 is 35.0 Å². The summed E-state index contributed by atoms with van der Waals surface area (Å²) in [5.74, 6) is -3.46. The van der Waals surface area contributed by atoms with Crippen molar-refractivity contribution >= 4 is 23.9 Å². The number of nitrogens with zero attached hydrogens (tertiary/aromatic N) is 1. The number of esters is 4. The van der Waals surface area contributed by atoms with Gasteiger partial charge in [-0.1, -0.05) is 6.07 Å². The van der Waals surface area contributed by atoms with Crippen LogP contribution in [0.25, 0.3) is 5.69 Å². The van der Waals surface area contributed by atoms with Crippen LogP contribution in [0.5, 0.6) is 5.75 Å². The number of carbonyl (C=O) groups is 4. The molecule has 1 aromatic heterocycles. The predicted molar refractivity (Wildman–Crippen MR) is 116 cm³/mol. The number of rotatable bonds is 10. The third-order valence-corrected chi connectivity index (χ3v) is 4.38. The lowest BCUT2D eigenvalue weighted by Gasteiger charge is -2.14. The van der Waals surface area contributed by atoms with Crippen LogP contribution in [0.2, 0.25) is 0 Å². The number of aromatic nitrogens is 1. The zero-order valence-corrected chi connectivity index (χ0v) is 19.3. The second-order valence-electron chi connectivity index (χ2n) is 6.37. The molecule has 178 valence electrons. The van der Waals surface area contributed by atoms with Crippen molar-refractivity contribution in [1.29, 1.82) is 0 Å². The van der Waals surface area contributed by atoms with Crippen molar-refractivity contribution in [3.63, 3.8) is 0 Å². The minimum atomic E-state index is -0.990. The first-order valence-corrected chi connectivity index (χ1v) is 10.5. The van der Waals surface area contributed by atoms with E-state index >= 15 is 0 Å². The molecule has 0 saturated carbocycles. The van der Waals surface area contributed by atoms with Crippen LogP contribution < -0.4 is 4.74 Å². The maximum absolute atomic E-state index is 13.1. The molecule has 1 heterocycles. The summed E-state index contributed by atoms with van der Waals surface area (Å²) in [5.41, 5.74) is -1.37. The van der Waals surface area contributed by atoms with Gasteiger partial charge in [-0.05, 0) is 39.8 Å². The Morgan fingerprint density at radius 1 is 0.697 bits per heavy atom. The van der Waals surface area contributed by atoms with Gasteiger partial charge in [-0.2, -0.15) is 0 Å². The van der Waals surface area contributed by atoms with Gasteiger partial charge in [0.2, 0.25) is 0 Å². The summed E-state index contributed by atoms with van der Waals surface area (Å²) < 4.78 is 26.9. The predicted octanol–water partition coefficient (Wildman–Crippen LogP) is 3.19. The van der Waals surface area contributed by atoms with Gasteiger partial charge in [-0.3, -0.25) is 4.57 Å². The molecule has 0 spiro atoms. The number of methoxy groups -OCH3 is 1. The standard InChI is InChI=1S/C23H27NO9/c1-6-30-20(25)16-17(21(26)31-7-2)19(23(28)33-9-4)24(18(16)22(27)32-8-3)14-11-10-12-15(13-14)29-5/h10-13H,6-9H2,1-5H3. The summed E-state index contributed by atoms with van der Waals surface area (Å²) >= 11 is 0. The fourth-order valence-electron chi connectivity index (χ4n) is 3.17. The van der Waals surface area contributed by atoms with E-state index in [1.807, 2.05) is 0 Å². The highest BCUT2D eigenvalue weighted by atomic mass is 16.5. The monoisotopic (exact) mass is 461 g/mol. The van der Waals surface area contributed by atoms with Crippen LogP contribution >= 0.6 is 0 Å². The first-order valence-electron chi connectivity index (χ1n) is 10.5. The van der Waals surface area contributed by atoms with Crippen molar-refractivity contribution in [3.05, 3.63) is 46.8 Å². The fourth-order valence-corrected chi connectivity index (χ4v) is 3.17. The molecule has 2 rings (SSSR count). The van der Waals surface area contributed by atoms with Gasteiger partial charge in [0.15, 0.2) is 0 Å². The van der Waals surface area contributed by atoms with Gasteiger partial charge >= 0.3 is 23.9 Å². The molecule has 0 aliphatic heterocycles. The van der Waals surface area contributed by atoms with Crippen molar-refractivity contribution in [2.45, 2.75) is 27.7 Å². The molecule has 0 unspecified atom stereocenters. The van der Waals surface area contributed by atoms with Crippen LogP contribution in [0.1, 0.15) is 69.4 Å². The average molecular weight is 461 g/mol. The lowest BCUT2D eigenvalue weighted by Crippen LogP contribution is -2.19. The molecule has 10 nitrogen and oxygen atoms in total. The second kappa shape index (κ2) is 11.7. The molecule has 1 aromatic carbocycles. The highest BCUT2D eigenvalue weighted by molar-refractivity contribution is 6.16. The summed E-state index contributed by atoms with van der Waals surface area (Å²) in [4.78, 5) is 52.1. The van der Waals surface area contributed by atoms with Crippen molar-refractivity contribution in [2.75, 3.05) is 33.5 Å². The Bertz CT molecular complexity index is 981. The van der Waals surface area contributed by atoms with Crippen LogP contribution in [0.3, 0.4) is 0 Å². The summed E-state index contributed by atoms with van der Waals surface area (Å²) in [6.07, 6.45) is 0. The minimum Gasteiger partial charge on any atom is -0.497 e. The van der Waals surface area contributed by atoms with Crippen molar-refractivity contribution < 1.29 is 42.9 Å². The van der Waals surface area contributed by atoms with E-state index in [1.165, 1.54) is 13.2 Å². The maximum atomic E-state index is 13.1. The highest BCUT2D eigenvalue weighted by Crippen LogP contribution is 2.32. The van der Waals surface area contributed by atoms with Crippen LogP contribution in [0.4, 0.5) is 0 Å². The Balaban J connectivity index is 3.09. The third-order valence-electron chi connectivity index (χ3n) is 4.38. The molecule has 0 radical (unpaired) electrons. The number of carbonyl (C=O) groups excluding carboxylic acids is 4. The van der Waals surface area contributed by atoms with Crippen LogP contribution in [-0.2, 0) is 18.9 Å². The Kier molecular flexibility index (Phi) is 9.02. The van der Waals surface area contributed by atoms with E-state index in [2.05, 4.69) is 0 Å². The van der Waals surface area contributed by atoms with Crippen molar-refractivity contribution in [3.8, 4) is 11.4 Å². The number of hydrogen-bond donors (Lipinski definition) is 0. The Labute approximate surface area is 191 Å². The molecule has 0 bridgehead atoms. The first-order chi connectivity index (χ1) is 15.9. The van der Waals surface area contributed by atoms with Gasteiger partial charge in [0.1, 0.15) is 28.3 Å². The maximum Gasteiger partial charge on any atom is 0.356 e.